The largest absolute Gasteiger partial charge is 0.385 e. The fourth-order valence-corrected chi connectivity index (χ4v) is 5.86. The van der Waals surface area contributed by atoms with Gasteiger partial charge in [-0.15, -0.1) is 12.3 Å². The van der Waals surface area contributed by atoms with Crippen LogP contribution in [0.15, 0.2) is 127 Å². The standard InChI is InChI=1S/C45H69N.C3H6.C2H6/c1-12-16-18-19-24-38(9)45(34-41(23-15-4)26-17-13-2)46-39(10)25-20-21-27-43(29-28-37(8)36(7)22-14-3)40(11)44-32-30-42(31-33-44)35(5)6;1-3-2;1-2/h15,17,22-23,26,28,30-33,35,38,40,45-46H,4,8,10,12-14,16,18-21,24-25,27,34H2,1-3,5-7,9,11H3;3H,1H2,2H3;1-2H3/b26-17-,36-22+,41-23+;;. The molecule has 0 aliphatic heterocycles. The van der Waals surface area contributed by atoms with Gasteiger partial charge in [0.15, 0.2) is 0 Å². The van der Waals surface area contributed by atoms with Gasteiger partial charge in [0.25, 0.3) is 0 Å². The van der Waals surface area contributed by atoms with Crippen LogP contribution in [0.25, 0.3) is 0 Å². The van der Waals surface area contributed by atoms with Crippen LogP contribution in [-0.4, -0.2) is 6.04 Å². The Hall–Kier alpha value is -3.28. The number of benzene rings is 1. The molecule has 1 heteroatoms. The number of hydrogen-bond donors (Lipinski definition) is 1. The van der Waals surface area contributed by atoms with Gasteiger partial charge < -0.3 is 5.32 Å². The van der Waals surface area contributed by atoms with Crippen LogP contribution in [0.5, 0.6) is 0 Å². The number of nitrogens with one attached hydrogen (secondary N) is 1. The Bertz CT molecular complexity index is 1240. The van der Waals surface area contributed by atoms with Crippen molar-refractivity contribution >= 4 is 0 Å². The van der Waals surface area contributed by atoms with Gasteiger partial charge in [-0.2, -0.15) is 0 Å². The number of rotatable bonds is 24. The minimum absolute atomic E-state index is 0.311. The summed E-state index contributed by atoms with van der Waals surface area (Å²) in [6.07, 6.45) is 28.5. The summed E-state index contributed by atoms with van der Waals surface area (Å²) >= 11 is 0. The van der Waals surface area contributed by atoms with Crippen molar-refractivity contribution in [3.8, 4) is 0 Å². The molecule has 3 atom stereocenters. The lowest BCUT2D eigenvalue weighted by Gasteiger charge is -2.28. The highest BCUT2D eigenvalue weighted by Crippen LogP contribution is 2.29. The summed E-state index contributed by atoms with van der Waals surface area (Å²) in [5.74, 6) is 1.43. The lowest BCUT2D eigenvalue weighted by atomic mass is 9.88. The van der Waals surface area contributed by atoms with Crippen molar-refractivity contribution in [3.63, 3.8) is 0 Å². The van der Waals surface area contributed by atoms with Gasteiger partial charge in [0.05, 0.1) is 0 Å². The first-order valence-electron chi connectivity index (χ1n) is 20.4. The summed E-state index contributed by atoms with van der Waals surface area (Å²) in [5, 5.41) is 3.89. The zero-order valence-electron chi connectivity index (χ0n) is 35.5. The summed E-state index contributed by atoms with van der Waals surface area (Å²) < 4.78 is 0. The van der Waals surface area contributed by atoms with E-state index in [9.17, 15) is 0 Å². The van der Waals surface area contributed by atoms with E-state index in [1.807, 2.05) is 26.8 Å². The van der Waals surface area contributed by atoms with E-state index < -0.39 is 0 Å². The third-order valence-corrected chi connectivity index (χ3v) is 9.19. The second-order valence-electron chi connectivity index (χ2n) is 14.0. The molecule has 1 nitrogen and oxygen atoms in total. The smallest absolute Gasteiger partial charge is 0.0323 e. The molecule has 1 aromatic rings. The number of hydrogen-bond acceptors (Lipinski definition) is 1. The fraction of sp³-hybridized carbons (Fsp3) is 0.540. The Morgan fingerprint density at radius 2 is 1.45 bits per heavy atom. The molecule has 0 amide bonds. The number of allylic oxidation sites excluding steroid dienone is 10. The molecule has 0 heterocycles. The van der Waals surface area contributed by atoms with Gasteiger partial charge in [-0.25, -0.2) is 0 Å². The van der Waals surface area contributed by atoms with E-state index in [4.69, 9.17) is 0 Å². The molecular formula is C50H81N. The molecule has 51 heavy (non-hydrogen) atoms. The molecule has 1 N–H and O–H groups in total. The number of unbranched alkanes of at least 4 members (excludes halogenated alkanes) is 4. The second kappa shape index (κ2) is 32.6. The lowest BCUT2D eigenvalue weighted by molar-refractivity contribution is 0.361. The van der Waals surface area contributed by atoms with Crippen LogP contribution >= 0.6 is 0 Å². The molecule has 0 aliphatic rings. The normalized spacial score (nSPS) is 13.1. The molecule has 0 bridgehead atoms. The van der Waals surface area contributed by atoms with E-state index in [0.29, 0.717) is 23.8 Å². The van der Waals surface area contributed by atoms with Crippen LogP contribution in [-0.2, 0) is 0 Å². The molecule has 0 aromatic heterocycles. The van der Waals surface area contributed by atoms with E-state index in [1.54, 1.807) is 6.08 Å². The third kappa shape index (κ3) is 23.8. The van der Waals surface area contributed by atoms with Crippen molar-refractivity contribution in [2.75, 3.05) is 0 Å². The van der Waals surface area contributed by atoms with Crippen LogP contribution < -0.4 is 5.32 Å². The first-order chi connectivity index (χ1) is 24.5. The molecule has 0 fully saturated rings. The van der Waals surface area contributed by atoms with Crippen LogP contribution in [0.2, 0.25) is 0 Å². The maximum atomic E-state index is 4.50. The molecule has 0 aliphatic carbocycles. The lowest BCUT2D eigenvalue weighted by Crippen LogP contribution is -2.34. The maximum absolute atomic E-state index is 4.50. The summed E-state index contributed by atoms with van der Waals surface area (Å²) in [5.41, 5.74) is 12.6. The van der Waals surface area contributed by atoms with Gasteiger partial charge in [-0.05, 0) is 117 Å². The van der Waals surface area contributed by atoms with E-state index in [1.165, 1.54) is 60.0 Å². The summed E-state index contributed by atoms with van der Waals surface area (Å²) in [6.45, 7) is 40.1. The van der Waals surface area contributed by atoms with Gasteiger partial charge in [0.2, 0.25) is 0 Å². The molecule has 3 unspecified atom stereocenters. The van der Waals surface area contributed by atoms with E-state index in [0.717, 1.165) is 56.2 Å². The molecular weight excluding hydrogens is 615 g/mol. The van der Waals surface area contributed by atoms with E-state index >= 15 is 0 Å². The molecule has 1 rings (SSSR count). The van der Waals surface area contributed by atoms with Gasteiger partial charge in [-0.1, -0.05) is 168 Å². The molecule has 0 saturated heterocycles. The van der Waals surface area contributed by atoms with Crippen LogP contribution in [0, 0.1) is 5.92 Å². The van der Waals surface area contributed by atoms with Crippen molar-refractivity contribution in [1.29, 1.82) is 0 Å². The monoisotopic (exact) mass is 696 g/mol. The first kappa shape index (κ1) is 49.8. The predicted molar refractivity (Wildman–Crippen MR) is 236 cm³/mol. The Balaban J connectivity index is 0. The molecule has 0 spiro atoms. The van der Waals surface area contributed by atoms with Gasteiger partial charge in [0, 0.05) is 17.7 Å². The van der Waals surface area contributed by atoms with Crippen molar-refractivity contribution in [2.24, 2.45) is 5.92 Å². The van der Waals surface area contributed by atoms with Crippen LogP contribution in [0.4, 0.5) is 0 Å². The van der Waals surface area contributed by atoms with Gasteiger partial charge in [0.1, 0.15) is 0 Å². The average molecular weight is 696 g/mol. The van der Waals surface area contributed by atoms with Crippen molar-refractivity contribution in [3.05, 3.63) is 138 Å². The highest BCUT2D eigenvalue weighted by atomic mass is 14.9. The van der Waals surface area contributed by atoms with E-state index in [-0.39, 0.29) is 0 Å². The summed E-state index contributed by atoms with van der Waals surface area (Å²) in [7, 11) is 0. The van der Waals surface area contributed by atoms with Crippen LogP contribution in [0.1, 0.15) is 176 Å². The third-order valence-electron chi connectivity index (χ3n) is 9.19. The van der Waals surface area contributed by atoms with Crippen molar-refractivity contribution in [1.82, 2.24) is 5.32 Å². The van der Waals surface area contributed by atoms with E-state index in [2.05, 4.69) is 147 Å². The summed E-state index contributed by atoms with van der Waals surface area (Å²) in [4.78, 5) is 0. The van der Waals surface area contributed by atoms with Gasteiger partial charge >= 0.3 is 0 Å². The van der Waals surface area contributed by atoms with Gasteiger partial charge in [-0.3, -0.25) is 0 Å². The van der Waals surface area contributed by atoms with Crippen molar-refractivity contribution < 1.29 is 0 Å². The minimum atomic E-state index is 0.311. The Morgan fingerprint density at radius 1 is 0.843 bits per heavy atom. The minimum Gasteiger partial charge on any atom is -0.385 e. The highest BCUT2D eigenvalue weighted by molar-refractivity contribution is 5.38. The Kier molecular flexibility index (Phi) is 31.9. The second-order valence-corrected chi connectivity index (χ2v) is 14.0. The zero-order chi connectivity index (χ0) is 39.0. The quantitative estimate of drug-likeness (QED) is 0.0491. The molecule has 286 valence electrons. The Morgan fingerprint density at radius 3 is 2.00 bits per heavy atom. The first-order valence-corrected chi connectivity index (χ1v) is 20.4. The topological polar surface area (TPSA) is 12.0 Å². The zero-order valence-corrected chi connectivity index (χ0v) is 35.5. The molecule has 1 aromatic carbocycles. The average Bonchev–Trinajstić information content (AvgIpc) is 3.12. The summed E-state index contributed by atoms with van der Waals surface area (Å²) in [6, 6.07) is 9.56. The molecule has 0 radical (unpaired) electrons. The SMILES string of the molecule is C=C/C=C(\C=C/CC)CC(NC(=C)CCCCC(=C=CC(=C)/C(C)=C/CC)C(C)c1ccc(C(C)C)cc1)C(C)CCCCCC.C=CC.CC. The highest BCUT2D eigenvalue weighted by Gasteiger charge is 2.19. The van der Waals surface area contributed by atoms with Crippen molar-refractivity contribution in [2.45, 2.75) is 171 Å². The fourth-order valence-electron chi connectivity index (χ4n) is 5.86. The van der Waals surface area contributed by atoms with Crippen LogP contribution in [0.3, 0.4) is 0 Å². The Labute approximate surface area is 319 Å². The predicted octanol–water partition coefficient (Wildman–Crippen LogP) is 16.2. The maximum Gasteiger partial charge on any atom is 0.0323 e. The molecule has 0 saturated carbocycles.